The Morgan fingerprint density at radius 1 is 0.673 bits per heavy atom. The van der Waals surface area contributed by atoms with E-state index in [4.69, 9.17) is 9.97 Å². The lowest BCUT2D eigenvalue weighted by atomic mass is 9.78. The fourth-order valence-electron chi connectivity index (χ4n) is 8.66. The zero-order chi connectivity index (χ0) is 35.0. The van der Waals surface area contributed by atoms with E-state index in [1.54, 1.807) is 0 Å². The molecule has 0 saturated carbocycles. The van der Waals surface area contributed by atoms with E-state index in [1.165, 1.54) is 38.6 Å². The molecule has 0 radical (unpaired) electrons. The normalized spacial score (nSPS) is 14.6. The number of rotatable bonds is 4. The zero-order valence-corrected chi connectivity index (χ0v) is 29.1. The molecule has 8 aromatic rings. The summed E-state index contributed by atoms with van der Waals surface area (Å²) in [4.78, 5) is 10.5. The molecule has 10 rings (SSSR count). The second-order valence-electron chi connectivity index (χ2n) is 14.4. The summed E-state index contributed by atoms with van der Waals surface area (Å²) >= 11 is 0. The van der Waals surface area contributed by atoms with Crippen LogP contribution in [0.15, 0.2) is 151 Å². The molecule has 0 N–H and O–H groups in total. The predicted molar refractivity (Wildman–Crippen MR) is 213 cm³/mol. The molecule has 0 spiro atoms. The van der Waals surface area contributed by atoms with Crippen LogP contribution in [0.1, 0.15) is 43.4 Å². The molecule has 52 heavy (non-hydrogen) atoms. The van der Waals surface area contributed by atoms with Gasteiger partial charge in [-0.1, -0.05) is 123 Å². The molecule has 6 aromatic carbocycles. The summed E-state index contributed by atoms with van der Waals surface area (Å²) in [5.41, 5.74) is 15.3. The van der Waals surface area contributed by atoms with Crippen LogP contribution in [-0.2, 0) is 5.41 Å². The molecule has 0 fully saturated rings. The first-order chi connectivity index (χ1) is 25.5. The summed E-state index contributed by atoms with van der Waals surface area (Å²) in [7, 11) is 0. The number of fused-ring (bicyclic) bond motifs is 7. The monoisotopic (exact) mass is 666 g/mol. The average Bonchev–Trinajstić information content (AvgIpc) is 3.66. The van der Waals surface area contributed by atoms with Crippen molar-refractivity contribution in [2.75, 3.05) is 0 Å². The topological polar surface area (TPSA) is 54.5 Å². The number of para-hydroxylation sites is 2. The van der Waals surface area contributed by atoms with Crippen LogP contribution in [0.4, 0.5) is 0 Å². The van der Waals surface area contributed by atoms with Crippen LogP contribution in [0.25, 0.3) is 77.7 Å². The molecule has 0 aliphatic heterocycles. The van der Waals surface area contributed by atoms with Crippen molar-refractivity contribution in [3.8, 4) is 45.5 Å². The number of allylic oxidation sites excluding steroid dienone is 4. The molecule has 2 aliphatic rings. The van der Waals surface area contributed by atoms with Gasteiger partial charge in [0.05, 0.1) is 33.9 Å². The van der Waals surface area contributed by atoms with Gasteiger partial charge in [-0.3, -0.25) is 0 Å². The van der Waals surface area contributed by atoms with Gasteiger partial charge >= 0.3 is 0 Å². The summed E-state index contributed by atoms with van der Waals surface area (Å²) in [5.74, 6) is 0.657. The number of aromatic nitrogens is 3. The average molecular weight is 667 g/mol. The first kappa shape index (κ1) is 30.3. The molecule has 4 heteroatoms. The number of nitriles is 1. The molecule has 2 aliphatic carbocycles. The molecule has 2 heterocycles. The van der Waals surface area contributed by atoms with Gasteiger partial charge in [0.25, 0.3) is 0 Å². The van der Waals surface area contributed by atoms with Crippen molar-refractivity contribution in [3.63, 3.8) is 0 Å². The van der Waals surface area contributed by atoms with Crippen LogP contribution in [0.3, 0.4) is 0 Å². The third kappa shape index (κ3) is 4.53. The van der Waals surface area contributed by atoms with Crippen LogP contribution < -0.4 is 0 Å². The second-order valence-corrected chi connectivity index (χ2v) is 14.4. The van der Waals surface area contributed by atoms with Gasteiger partial charge in [-0.25, -0.2) is 9.97 Å². The Balaban J connectivity index is 1.31. The molecule has 0 bridgehead atoms. The lowest BCUT2D eigenvalue weighted by Gasteiger charge is -2.25. The third-order valence-corrected chi connectivity index (χ3v) is 11.1. The summed E-state index contributed by atoms with van der Waals surface area (Å²) in [6, 6.07) is 48.9. The molecular formula is C48H34N4. The fourth-order valence-corrected chi connectivity index (χ4v) is 8.66. The first-order valence-electron chi connectivity index (χ1n) is 18.0. The van der Waals surface area contributed by atoms with E-state index in [-0.39, 0.29) is 5.41 Å². The van der Waals surface area contributed by atoms with E-state index >= 15 is 0 Å². The third-order valence-electron chi connectivity index (χ3n) is 11.1. The highest BCUT2D eigenvalue weighted by molar-refractivity contribution is 6.14. The zero-order valence-electron chi connectivity index (χ0n) is 29.1. The van der Waals surface area contributed by atoms with Gasteiger partial charge in [-0.15, -0.1) is 0 Å². The van der Waals surface area contributed by atoms with Gasteiger partial charge in [0.15, 0.2) is 5.82 Å². The van der Waals surface area contributed by atoms with Crippen molar-refractivity contribution < 1.29 is 0 Å². The second kappa shape index (κ2) is 11.5. The van der Waals surface area contributed by atoms with Crippen LogP contribution in [0.2, 0.25) is 0 Å². The van der Waals surface area contributed by atoms with Gasteiger partial charge in [-0.2, -0.15) is 5.26 Å². The van der Waals surface area contributed by atoms with Crippen LogP contribution in [0, 0.1) is 11.3 Å². The van der Waals surface area contributed by atoms with Gasteiger partial charge in [0.2, 0.25) is 0 Å². The lowest BCUT2D eigenvalue weighted by Crippen LogP contribution is -2.17. The van der Waals surface area contributed by atoms with Crippen LogP contribution in [0.5, 0.6) is 0 Å². The summed E-state index contributed by atoms with van der Waals surface area (Å²) < 4.78 is 2.46. The molecular weight excluding hydrogens is 633 g/mol. The Morgan fingerprint density at radius 2 is 1.44 bits per heavy atom. The van der Waals surface area contributed by atoms with E-state index in [0.717, 1.165) is 62.9 Å². The standard InChI is InChI=1S/C48H34N4/c1-48(2)40-20-9-6-18-38(40)44-41(48)24-23-37-36-17-8-11-22-43(36)52(46(37)44)35-27-33(32-16-12-13-30(25-32)29-49)26-34(28-35)47-50-42-21-10-7-19-39(42)45(51-47)31-14-4-3-5-15-31/h3-8,10-19,21-28H,9,20H2,1-2H3. The molecule has 0 unspecified atom stereocenters. The maximum Gasteiger partial charge on any atom is 0.160 e. The number of benzene rings is 6. The Hall–Kier alpha value is -6.57. The van der Waals surface area contributed by atoms with E-state index in [2.05, 4.69) is 134 Å². The Labute approximate surface area is 302 Å². The highest BCUT2D eigenvalue weighted by Crippen LogP contribution is 2.53. The highest BCUT2D eigenvalue weighted by atomic mass is 15.0. The van der Waals surface area contributed by atoms with Crippen LogP contribution in [-0.4, -0.2) is 14.5 Å². The van der Waals surface area contributed by atoms with E-state index in [9.17, 15) is 5.26 Å². The van der Waals surface area contributed by atoms with E-state index in [1.807, 2.05) is 36.4 Å². The Bertz CT molecular complexity index is 2880. The number of hydrogen-bond donors (Lipinski definition) is 0. The molecule has 4 nitrogen and oxygen atoms in total. The van der Waals surface area contributed by atoms with E-state index < -0.39 is 0 Å². The van der Waals surface area contributed by atoms with Crippen molar-refractivity contribution in [1.82, 2.24) is 14.5 Å². The fraction of sp³-hybridized carbons (Fsp3) is 0.104. The summed E-state index contributed by atoms with van der Waals surface area (Å²) in [5, 5.41) is 13.3. The largest absolute Gasteiger partial charge is 0.309 e. The SMILES string of the molecule is CC1(C)C2=C(C=CCC2)c2c1ccc1c3ccccc3n(-c3cc(-c4cccc(C#N)c4)cc(-c4nc(-c5ccccc5)c5ccccc5n4)c3)c21. The minimum atomic E-state index is -0.0532. The van der Waals surface area contributed by atoms with Gasteiger partial charge in [0, 0.05) is 44.0 Å². The molecule has 2 aromatic heterocycles. The van der Waals surface area contributed by atoms with Gasteiger partial charge in [0.1, 0.15) is 0 Å². The summed E-state index contributed by atoms with van der Waals surface area (Å²) in [6.45, 7) is 4.77. The minimum absolute atomic E-state index is 0.0532. The number of hydrogen-bond acceptors (Lipinski definition) is 3. The van der Waals surface area contributed by atoms with Gasteiger partial charge in [-0.05, 0) is 77.6 Å². The van der Waals surface area contributed by atoms with Gasteiger partial charge < -0.3 is 4.57 Å². The van der Waals surface area contributed by atoms with Crippen molar-refractivity contribution in [3.05, 3.63) is 168 Å². The quantitative estimate of drug-likeness (QED) is 0.188. The predicted octanol–water partition coefficient (Wildman–Crippen LogP) is 12.0. The molecule has 0 atom stereocenters. The van der Waals surface area contributed by atoms with Crippen LogP contribution >= 0.6 is 0 Å². The van der Waals surface area contributed by atoms with Crippen molar-refractivity contribution >= 4 is 38.3 Å². The minimum Gasteiger partial charge on any atom is -0.309 e. The smallest absolute Gasteiger partial charge is 0.160 e. The maximum atomic E-state index is 9.87. The van der Waals surface area contributed by atoms with Crippen molar-refractivity contribution in [2.24, 2.45) is 0 Å². The highest BCUT2D eigenvalue weighted by Gasteiger charge is 2.39. The van der Waals surface area contributed by atoms with Crippen molar-refractivity contribution in [1.29, 1.82) is 5.26 Å². The maximum absolute atomic E-state index is 9.87. The lowest BCUT2D eigenvalue weighted by molar-refractivity contribution is 0.607. The molecule has 0 amide bonds. The van der Waals surface area contributed by atoms with E-state index in [0.29, 0.717) is 11.4 Å². The van der Waals surface area contributed by atoms with Crippen molar-refractivity contribution in [2.45, 2.75) is 32.1 Å². The summed E-state index contributed by atoms with van der Waals surface area (Å²) in [6.07, 6.45) is 6.84. The first-order valence-corrected chi connectivity index (χ1v) is 18.0. The Kier molecular flexibility index (Phi) is 6.68. The number of nitrogens with zero attached hydrogens (tertiary/aromatic N) is 4. The molecule has 0 saturated heterocycles. The Morgan fingerprint density at radius 3 is 2.31 bits per heavy atom. The molecule has 246 valence electrons.